The van der Waals surface area contributed by atoms with Gasteiger partial charge in [0, 0.05) is 17.3 Å². The van der Waals surface area contributed by atoms with E-state index in [-0.39, 0.29) is 5.91 Å². The topological polar surface area (TPSA) is 111 Å². The highest BCUT2D eigenvalue weighted by Gasteiger charge is 2.11. The fourth-order valence-electron chi connectivity index (χ4n) is 2.17. The Morgan fingerprint density at radius 1 is 1.12 bits per heavy atom. The first kappa shape index (κ1) is 15.8. The van der Waals surface area contributed by atoms with Gasteiger partial charge in [-0.15, -0.1) is 16.4 Å². The van der Waals surface area contributed by atoms with E-state index in [1.54, 1.807) is 29.9 Å². The molecule has 128 valence electrons. The summed E-state index contributed by atoms with van der Waals surface area (Å²) in [4.78, 5) is 20.7. The van der Waals surface area contributed by atoms with Crippen LogP contribution in [0.5, 0.6) is 0 Å². The maximum absolute atomic E-state index is 12.3. The number of rotatable bonds is 5. The number of tetrazole rings is 1. The maximum atomic E-state index is 12.3. The van der Waals surface area contributed by atoms with Gasteiger partial charge in [-0.1, -0.05) is 0 Å². The van der Waals surface area contributed by atoms with E-state index in [1.165, 1.54) is 22.3 Å². The number of benzene rings is 1. The molecule has 0 spiro atoms. The third-order valence-electron chi connectivity index (χ3n) is 3.39. The first-order chi connectivity index (χ1) is 12.8. The van der Waals surface area contributed by atoms with Gasteiger partial charge in [0.1, 0.15) is 12.0 Å². The van der Waals surface area contributed by atoms with Gasteiger partial charge in [-0.05, 0) is 46.8 Å². The van der Waals surface area contributed by atoms with Gasteiger partial charge in [0.05, 0.1) is 17.6 Å². The fraction of sp³-hybridized carbons (Fsp3) is 0. The molecule has 0 aliphatic rings. The van der Waals surface area contributed by atoms with Crippen LogP contribution in [0.2, 0.25) is 0 Å². The van der Waals surface area contributed by atoms with Crippen molar-refractivity contribution < 1.29 is 4.79 Å². The van der Waals surface area contributed by atoms with Gasteiger partial charge in [0.2, 0.25) is 0 Å². The molecule has 0 unspecified atom stereocenters. The molecule has 26 heavy (non-hydrogen) atoms. The van der Waals surface area contributed by atoms with Crippen molar-refractivity contribution in [2.24, 2.45) is 0 Å². The van der Waals surface area contributed by atoms with Gasteiger partial charge in [-0.3, -0.25) is 9.78 Å². The second-order valence-electron chi connectivity index (χ2n) is 5.16. The van der Waals surface area contributed by atoms with Crippen LogP contribution in [0.15, 0.2) is 60.5 Å². The summed E-state index contributed by atoms with van der Waals surface area (Å²) in [5.41, 5.74) is 2.60. The van der Waals surface area contributed by atoms with Crippen LogP contribution < -0.4 is 10.6 Å². The lowest BCUT2D eigenvalue weighted by Crippen LogP contribution is -2.12. The molecule has 0 saturated heterocycles. The number of thiazole rings is 1. The Balaban J connectivity index is 1.42. The molecule has 10 heteroatoms. The number of hydrogen-bond acceptors (Lipinski definition) is 8. The van der Waals surface area contributed by atoms with Crippen molar-refractivity contribution in [3.05, 3.63) is 66.2 Å². The van der Waals surface area contributed by atoms with Gasteiger partial charge in [-0.2, -0.15) is 0 Å². The second kappa shape index (κ2) is 7.07. The Labute approximate surface area is 151 Å². The molecule has 1 amide bonds. The monoisotopic (exact) mass is 364 g/mol. The van der Waals surface area contributed by atoms with Crippen LogP contribution in [0.25, 0.3) is 5.69 Å². The largest absolute Gasteiger partial charge is 0.330 e. The van der Waals surface area contributed by atoms with Gasteiger partial charge in [-0.25, -0.2) is 9.67 Å². The Kier molecular flexibility index (Phi) is 4.31. The number of amides is 1. The molecule has 0 atom stereocenters. The molecular weight excluding hydrogens is 352 g/mol. The molecule has 1 aromatic carbocycles. The average molecular weight is 364 g/mol. The SMILES string of the molecule is O=C(Nc1ccc(-n2cnnn2)cc1)c1csc(Nc2cccnc2)n1. The third kappa shape index (κ3) is 3.54. The molecule has 0 saturated carbocycles. The van der Waals surface area contributed by atoms with Gasteiger partial charge < -0.3 is 10.6 Å². The van der Waals surface area contributed by atoms with Crippen LogP contribution in [-0.4, -0.2) is 36.1 Å². The van der Waals surface area contributed by atoms with E-state index < -0.39 is 0 Å². The predicted octanol–water partition coefficient (Wildman–Crippen LogP) is 2.51. The molecule has 3 aromatic heterocycles. The molecule has 4 aromatic rings. The number of hydrogen-bond donors (Lipinski definition) is 2. The van der Waals surface area contributed by atoms with E-state index in [2.05, 4.69) is 36.1 Å². The number of carbonyl (C=O) groups is 1. The Morgan fingerprint density at radius 3 is 2.73 bits per heavy atom. The number of anilines is 3. The molecular formula is C16H12N8OS. The summed E-state index contributed by atoms with van der Waals surface area (Å²) < 4.78 is 1.53. The second-order valence-corrected chi connectivity index (χ2v) is 6.02. The van der Waals surface area contributed by atoms with Crippen LogP contribution >= 0.6 is 11.3 Å². The molecule has 0 aliphatic carbocycles. The van der Waals surface area contributed by atoms with Crippen molar-refractivity contribution >= 4 is 33.8 Å². The van der Waals surface area contributed by atoms with Crippen LogP contribution in [-0.2, 0) is 0 Å². The van der Waals surface area contributed by atoms with Crippen molar-refractivity contribution in [3.8, 4) is 5.69 Å². The van der Waals surface area contributed by atoms with Crippen molar-refractivity contribution in [3.63, 3.8) is 0 Å². The van der Waals surface area contributed by atoms with Gasteiger partial charge in [0.25, 0.3) is 5.91 Å². The first-order valence-electron chi connectivity index (χ1n) is 7.55. The number of nitrogens with zero attached hydrogens (tertiary/aromatic N) is 6. The van der Waals surface area contributed by atoms with E-state index in [9.17, 15) is 4.79 Å². The third-order valence-corrected chi connectivity index (χ3v) is 4.15. The Morgan fingerprint density at radius 2 is 2.00 bits per heavy atom. The summed E-state index contributed by atoms with van der Waals surface area (Å²) in [6.07, 6.45) is 4.88. The summed E-state index contributed by atoms with van der Waals surface area (Å²) in [6.45, 7) is 0. The maximum Gasteiger partial charge on any atom is 0.275 e. The number of aromatic nitrogens is 6. The highest BCUT2D eigenvalue weighted by molar-refractivity contribution is 7.14. The van der Waals surface area contributed by atoms with E-state index in [0.29, 0.717) is 16.5 Å². The molecule has 2 N–H and O–H groups in total. The highest BCUT2D eigenvalue weighted by Crippen LogP contribution is 2.21. The minimum absolute atomic E-state index is 0.282. The van der Waals surface area contributed by atoms with E-state index in [4.69, 9.17) is 0 Å². The summed E-state index contributed by atoms with van der Waals surface area (Å²) in [7, 11) is 0. The lowest BCUT2D eigenvalue weighted by atomic mass is 10.2. The van der Waals surface area contributed by atoms with Crippen molar-refractivity contribution in [2.75, 3.05) is 10.6 Å². The molecule has 9 nitrogen and oxygen atoms in total. The lowest BCUT2D eigenvalue weighted by Gasteiger charge is -2.05. The van der Waals surface area contributed by atoms with Crippen LogP contribution in [0.3, 0.4) is 0 Å². The van der Waals surface area contributed by atoms with Gasteiger partial charge in [0.15, 0.2) is 5.13 Å². The highest BCUT2D eigenvalue weighted by atomic mass is 32.1. The van der Waals surface area contributed by atoms with Crippen LogP contribution in [0.1, 0.15) is 10.5 Å². The number of pyridine rings is 1. The molecule has 4 rings (SSSR count). The van der Waals surface area contributed by atoms with Crippen LogP contribution in [0, 0.1) is 0 Å². The minimum Gasteiger partial charge on any atom is -0.330 e. The zero-order valence-corrected chi connectivity index (χ0v) is 14.1. The predicted molar refractivity (Wildman–Crippen MR) is 96.7 cm³/mol. The summed E-state index contributed by atoms with van der Waals surface area (Å²) in [6, 6.07) is 10.9. The molecule has 0 aliphatic heterocycles. The normalized spacial score (nSPS) is 10.5. The lowest BCUT2D eigenvalue weighted by molar-refractivity contribution is 0.102. The molecule has 0 radical (unpaired) electrons. The molecule has 0 bridgehead atoms. The minimum atomic E-state index is -0.282. The summed E-state index contributed by atoms with van der Waals surface area (Å²) in [5, 5.41) is 19.2. The van der Waals surface area contributed by atoms with E-state index in [0.717, 1.165) is 11.4 Å². The van der Waals surface area contributed by atoms with E-state index >= 15 is 0 Å². The van der Waals surface area contributed by atoms with Crippen molar-refractivity contribution in [1.29, 1.82) is 0 Å². The van der Waals surface area contributed by atoms with E-state index in [1.807, 2.05) is 24.3 Å². The van der Waals surface area contributed by atoms with Crippen LogP contribution in [0.4, 0.5) is 16.5 Å². The summed E-state index contributed by atoms with van der Waals surface area (Å²) in [5.74, 6) is -0.282. The molecule has 3 heterocycles. The Hall–Kier alpha value is -3.66. The van der Waals surface area contributed by atoms with Gasteiger partial charge >= 0.3 is 0 Å². The standard InChI is InChI=1S/C16H12N8OS/c25-15(14-9-26-16(21-14)20-12-2-1-7-17-8-12)19-11-3-5-13(6-4-11)24-10-18-22-23-24/h1-10H,(H,19,25)(H,20,21). The number of carbonyl (C=O) groups excluding carboxylic acids is 1. The summed E-state index contributed by atoms with van der Waals surface area (Å²) >= 11 is 1.35. The fourth-order valence-corrected chi connectivity index (χ4v) is 2.88. The zero-order valence-electron chi connectivity index (χ0n) is 13.3. The Bertz CT molecular complexity index is 998. The average Bonchev–Trinajstić information content (AvgIpc) is 3.35. The smallest absolute Gasteiger partial charge is 0.275 e. The zero-order chi connectivity index (χ0) is 17.8. The first-order valence-corrected chi connectivity index (χ1v) is 8.43. The van der Waals surface area contributed by atoms with Crippen molar-refractivity contribution in [1.82, 2.24) is 30.2 Å². The number of nitrogens with one attached hydrogen (secondary N) is 2. The quantitative estimate of drug-likeness (QED) is 0.560. The molecule has 0 fully saturated rings. The van der Waals surface area contributed by atoms with Crippen molar-refractivity contribution in [2.45, 2.75) is 0 Å².